The zero-order valence-corrected chi connectivity index (χ0v) is 12.3. The summed E-state index contributed by atoms with van der Waals surface area (Å²) in [4.78, 5) is 22.4. The van der Waals surface area contributed by atoms with Gasteiger partial charge in [0.05, 0.1) is 9.95 Å². The van der Waals surface area contributed by atoms with E-state index in [4.69, 9.17) is 16.7 Å². The first kappa shape index (κ1) is 16.6. The Balaban J connectivity index is 2.61. The third kappa shape index (κ3) is 3.21. The van der Waals surface area contributed by atoms with Crippen LogP contribution in [0.4, 0.5) is 25.8 Å². The third-order valence-corrected chi connectivity index (χ3v) is 3.43. The highest BCUT2D eigenvalue weighted by Crippen LogP contribution is 2.35. The van der Waals surface area contributed by atoms with Crippen LogP contribution in [0.15, 0.2) is 30.3 Å². The van der Waals surface area contributed by atoms with Gasteiger partial charge in [0.25, 0.3) is 5.69 Å². The molecule has 2 aromatic carbocycles. The van der Waals surface area contributed by atoms with Crippen LogP contribution in [0.2, 0.25) is 5.02 Å². The van der Waals surface area contributed by atoms with E-state index in [2.05, 4.69) is 0 Å². The minimum atomic E-state index is -1.62. The van der Waals surface area contributed by atoms with Gasteiger partial charge in [-0.25, -0.2) is 13.6 Å². The van der Waals surface area contributed by atoms with E-state index in [-0.39, 0.29) is 16.4 Å². The minimum Gasteiger partial charge on any atom is -0.478 e. The number of hydrogen-bond donors (Lipinski definition) is 1. The summed E-state index contributed by atoms with van der Waals surface area (Å²) in [5.74, 6) is -3.42. The lowest BCUT2D eigenvalue weighted by Gasteiger charge is -2.20. The van der Waals surface area contributed by atoms with Crippen molar-refractivity contribution in [1.29, 1.82) is 0 Å². The molecule has 0 saturated carbocycles. The van der Waals surface area contributed by atoms with E-state index in [1.165, 1.54) is 24.1 Å². The molecule has 0 amide bonds. The van der Waals surface area contributed by atoms with Crippen LogP contribution in [0.1, 0.15) is 10.4 Å². The molecule has 0 aliphatic heterocycles. The zero-order valence-electron chi connectivity index (χ0n) is 11.6. The van der Waals surface area contributed by atoms with Gasteiger partial charge in [0, 0.05) is 24.9 Å². The molecule has 6 nitrogen and oxygen atoms in total. The van der Waals surface area contributed by atoms with Crippen molar-refractivity contribution in [3.05, 3.63) is 62.7 Å². The van der Waals surface area contributed by atoms with Gasteiger partial charge in [0.1, 0.15) is 22.9 Å². The number of carboxylic acids is 1. The second-order valence-electron chi connectivity index (χ2n) is 4.54. The van der Waals surface area contributed by atoms with E-state index in [9.17, 15) is 23.7 Å². The molecule has 0 saturated heterocycles. The van der Waals surface area contributed by atoms with E-state index >= 15 is 0 Å². The molecule has 2 rings (SSSR count). The number of aromatic carboxylic acids is 1. The van der Waals surface area contributed by atoms with Crippen LogP contribution in [-0.2, 0) is 0 Å². The number of nitro benzene ring substituents is 1. The van der Waals surface area contributed by atoms with E-state index in [0.717, 1.165) is 12.1 Å². The Morgan fingerprint density at radius 2 is 1.91 bits per heavy atom. The van der Waals surface area contributed by atoms with Crippen LogP contribution in [0.3, 0.4) is 0 Å². The number of rotatable bonds is 4. The van der Waals surface area contributed by atoms with Crippen LogP contribution in [0, 0.1) is 21.7 Å². The molecule has 2 aromatic rings. The maximum atomic E-state index is 13.8. The lowest BCUT2D eigenvalue weighted by molar-refractivity contribution is -0.384. The Labute approximate surface area is 133 Å². The quantitative estimate of drug-likeness (QED) is 0.670. The highest BCUT2D eigenvalue weighted by Gasteiger charge is 2.25. The van der Waals surface area contributed by atoms with Gasteiger partial charge in [-0.3, -0.25) is 10.1 Å². The Bertz CT molecular complexity index is 814. The van der Waals surface area contributed by atoms with Gasteiger partial charge in [-0.15, -0.1) is 0 Å². The highest BCUT2D eigenvalue weighted by molar-refractivity contribution is 6.31. The van der Waals surface area contributed by atoms with Crippen molar-refractivity contribution in [2.45, 2.75) is 0 Å². The maximum absolute atomic E-state index is 13.8. The molecule has 0 aromatic heterocycles. The molecular weight excluding hydrogens is 334 g/mol. The fourth-order valence-electron chi connectivity index (χ4n) is 1.96. The maximum Gasteiger partial charge on any atom is 0.338 e. The number of benzene rings is 2. The Kier molecular flexibility index (Phi) is 4.46. The number of carboxylic acid groups (broad SMARTS) is 1. The van der Waals surface area contributed by atoms with Crippen molar-refractivity contribution in [3.8, 4) is 0 Å². The highest BCUT2D eigenvalue weighted by atomic mass is 35.5. The number of nitro groups is 1. The summed E-state index contributed by atoms with van der Waals surface area (Å²) in [5, 5.41) is 19.8. The van der Waals surface area contributed by atoms with Gasteiger partial charge < -0.3 is 10.0 Å². The first-order valence-electron chi connectivity index (χ1n) is 6.12. The molecule has 0 aliphatic carbocycles. The molecule has 0 radical (unpaired) electrons. The Hall–Kier alpha value is -2.74. The van der Waals surface area contributed by atoms with Crippen LogP contribution in [0.25, 0.3) is 0 Å². The SMILES string of the molecule is CN(c1ccc(F)c(Cl)c1)c1cc(F)c(C(=O)O)cc1[N+](=O)[O-]. The molecule has 0 heterocycles. The number of halogens is 3. The molecule has 0 spiro atoms. The standard InChI is InChI=1S/C14H9ClF2N2O4/c1-18(7-2-3-10(16)9(15)4-7)12-6-11(17)8(14(20)21)5-13(12)19(22)23/h2-6H,1H3,(H,20,21). The molecule has 0 bridgehead atoms. The lowest BCUT2D eigenvalue weighted by Crippen LogP contribution is -2.13. The van der Waals surface area contributed by atoms with E-state index in [0.29, 0.717) is 6.07 Å². The van der Waals surface area contributed by atoms with Gasteiger partial charge in [0.15, 0.2) is 0 Å². The molecule has 0 atom stereocenters. The largest absolute Gasteiger partial charge is 0.478 e. The smallest absolute Gasteiger partial charge is 0.338 e. The third-order valence-electron chi connectivity index (χ3n) is 3.14. The van der Waals surface area contributed by atoms with Crippen LogP contribution >= 0.6 is 11.6 Å². The second kappa shape index (κ2) is 6.17. The minimum absolute atomic E-state index is 0.194. The van der Waals surface area contributed by atoms with Crippen molar-refractivity contribution in [2.75, 3.05) is 11.9 Å². The number of hydrogen-bond acceptors (Lipinski definition) is 4. The number of anilines is 2. The monoisotopic (exact) mass is 342 g/mol. The van der Waals surface area contributed by atoms with E-state index in [1.807, 2.05) is 0 Å². The Morgan fingerprint density at radius 3 is 2.43 bits per heavy atom. The van der Waals surface area contributed by atoms with Gasteiger partial charge in [-0.2, -0.15) is 0 Å². The fourth-order valence-corrected chi connectivity index (χ4v) is 2.14. The number of carbonyl (C=O) groups is 1. The van der Waals surface area contributed by atoms with Crippen LogP contribution in [-0.4, -0.2) is 23.0 Å². The van der Waals surface area contributed by atoms with Gasteiger partial charge >= 0.3 is 5.97 Å². The topological polar surface area (TPSA) is 83.7 Å². The van der Waals surface area contributed by atoms with Crippen molar-refractivity contribution in [1.82, 2.24) is 0 Å². The normalized spacial score (nSPS) is 10.4. The second-order valence-corrected chi connectivity index (χ2v) is 4.95. The fraction of sp³-hybridized carbons (Fsp3) is 0.0714. The molecule has 120 valence electrons. The molecular formula is C14H9ClF2N2O4. The average molecular weight is 343 g/mol. The summed E-state index contributed by atoms with van der Waals surface area (Å²) in [5.41, 5.74) is -1.35. The summed E-state index contributed by atoms with van der Waals surface area (Å²) in [6.07, 6.45) is 0. The molecule has 0 unspecified atom stereocenters. The zero-order chi connectivity index (χ0) is 17.3. The summed E-state index contributed by atoms with van der Waals surface area (Å²) >= 11 is 5.66. The molecule has 9 heteroatoms. The summed E-state index contributed by atoms with van der Waals surface area (Å²) in [6, 6.07) is 4.94. The van der Waals surface area contributed by atoms with Crippen molar-refractivity contribution < 1.29 is 23.6 Å². The van der Waals surface area contributed by atoms with Crippen molar-refractivity contribution in [2.24, 2.45) is 0 Å². The van der Waals surface area contributed by atoms with Gasteiger partial charge in [-0.1, -0.05) is 11.6 Å². The average Bonchev–Trinajstić information content (AvgIpc) is 2.48. The van der Waals surface area contributed by atoms with E-state index in [1.54, 1.807) is 0 Å². The molecule has 0 aliphatic rings. The first-order valence-corrected chi connectivity index (χ1v) is 6.50. The lowest BCUT2D eigenvalue weighted by atomic mass is 10.1. The summed E-state index contributed by atoms with van der Waals surface area (Å²) in [7, 11) is 1.38. The molecule has 1 N–H and O–H groups in total. The summed E-state index contributed by atoms with van der Waals surface area (Å²) < 4.78 is 27.0. The first-order chi connectivity index (χ1) is 10.7. The van der Waals surface area contributed by atoms with Crippen LogP contribution < -0.4 is 4.90 Å². The number of nitrogens with zero attached hydrogens (tertiary/aromatic N) is 2. The molecule has 23 heavy (non-hydrogen) atoms. The van der Waals surface area contributed by atoms with E-state index < -0.39 is 33.8 Å². The predicted octanol–water partition coefficient (Wildman–Crippen LogP) is 3.99. The van der Waals surface area contributed by atoms with Crippen LogP contribution in [0.5, 0.6) is 0 Å². The Morgan fingerprint density at radius 1 is 1.26 bits per heavy atom. The van der Waals surface area contributed by atoms with Gasteiger partial charge in [0.2, 0.25) is 0 Å². The summed E-state index contributed by atoms with van der Waals surface area (Å²) in [6.45, 7) is 0. The molecule has 0 fully saturated rings. The predicted molar refractivity (Wildman–Crippen MR) is 79.5 cm³/mol. The van der Waals surface area contributed by atoms with Gasteiger partial charge in [-0.05, 0) is 18.2 Å². The van der Waals surface area contributed by atoms with Crippen molar-refractivity contribution >= 4 is 34.6 Å². The van der Waals surface area contributed by atoms with Crippen molar-refractivity contribution in [3.63, 3.8) is 0 Å².